The second-order valence-electron chi connectivity index (χ2n) is 7.14. The number of nitrogens with zero attached hydrogens (tertiary/aromatic N) is 2. The van der Waals surface area contributed by atoms with Gasteiger partial charge in [-0.1, -0.05) is 6.07 Å². The smallest absolute Gasteiger partial charge is 0.271 e. The van der Waals surface area contributed by atoms with Crippen LogP contribution in [-0.2, 0) is 0 Å². The van der Waals surface area contributed by atoms with Gasteiger partial charge < -0.3 is 16.0 Å². The number of aromatic amines is 1. The first-order valence-electron chi connectivity index (χ1n) is 9.01. The highest BCUT2D eigenvalue weighted by Crippen LogP contribution is 2.36. The number of carbonyl (C=O) groups is 1. The van der Waals surface area contributed by atoms with Crippen LogP contribution in [0.1, 0.15) is 35.8 Å². The van der Waals surface area contributed by atoms with Crippen LogP contribution in [0.15, 0.2) is 35.3 Å². The number of nitrogens with two attached hydrogens (primary N) is 1. The maximum absolute atomic E-state index is 11.9. The molecule has 0 aliphatic heterocycles. The molecule has 7 nitrogen and oxygen atoms in total. The number of hydrogen-bond acceptors (Lipinski definition) is 5. The largest absolute Gasteiger partial charge is 0.380 e. The summed E-state index contributed by atoms with van der Waals surface area (Å²) in [7, 11) is 0. The van der Waals surface area contributed by atoms with Crippen LogP contribution in [0.2, 0.25) is 0 Å². The second kappa shape index (κ2) is 6.50. The zero-order valence-electron chi connectivity index (χ0n) is 15.2. The summed E-state index contributed by atoms with van der Waals surface area (Å²) in [5.74, 6) is -0.00341. The molecule has 138 valence electrons. The van der Waals surface area contributed by atoms with E-state index < -0.39 is 5.91 Å². The van der Waals surface area contributed by atoms with Crippen LogP contribution >= 0.6 is 0 Å². The molecule has 27 heavy (non-hydrogen) atoms. The van der Waals surface area contributed by atoms with Crippen molar-refractivity contribution in [1.29, 1.82) is 0 Å². The van der Waals surface area contributed by atoms with Crippen molar-refractivity contribution in [3.8, 4) is 11.1 Å². The van der Waals surface area contributed by atoms with Crippen molar-refractivity contribution in [2.75, 3.05) is 5.32 Å². The first-order chi connectivity index (χ1) is 13.0. The Morgan fingerprint density at radius 2 is 2.07 bits per heavy atom. The molecule has 1 aliphatic carbocycles. The Hall–Kier alpha value is -3.22. The van der Waals surface area contributed by atoms with Gasteiger partial charge in [0.1, 0.15) is 0 Å². The van der Waals surface area contributed by atoms with Gasteiger partial charge in [0.15, 0.2) is 5.69 Å². The van der Waals surface area contributed by atoms with Crippen LogP contribution in [0.25, 0.3) is 22.0 Å². The highest BCUT2D eigenvalue weighted by molar-refractivity contribution is 6.05. The Morgan fingerprint density at radius 3 is 2.78 bits per heavy atom. The molecule has 1 fully saturated rings. The average Bonchev–Trinajstić information content (AvgIpc) is 3.48. The van der Waals surface area contributed by atoms with Gasteiger partial charge in [0.25, 0.3) is 11.5 Å². The molecule has 0 unspecified atom stereocenters. The first kappa shape index (κ1) is 17.2. The molecular formula is C20H21N5O2. The number of nitrogens with one attached hydrogen (secondary N) is 2. The Morgan fingerprint density at radius 1 is 1.30 bits per heavy atom. The Bertz CT molecular complexity index is 1100. The number of carbonyl (C=O) groups excluding carboxylic acids is 1. The number of amides is 1. The summed E-state index contributed by atoms with van der Waals surface area (Å²) < 4.78 is 0. The predicted octanol–water partition coefficient (Wildman–Crippen LogP) is 2.60. The number of pyridine rings is 1. The lowest BCUT2D eigenvalue weighted by Crippen LogP contribution is -2.23. The molecule has 1 atom stereocenters. The maximum atomic E-state index is 11.9. The number of anilines is 1. The molecule has 1 amide bonds. The van der Waals surface area contributed by atoms with Crippen molar-refractivity contribution >= 4 is 22.5 Å². The third kappa shape index (κ3) is 3.16. The van der Waals surface area contributed by atoms with E-state index in [1.54, 1.807) is 13.1 Å². The van der Waals surface area contributed by atoms with Gasteiger partial charge in [-0.05, 0) is 61.9 Å². The van der Waals surface area contributed by atoms with Gasteiger partial charge in [-0.2, -0.15) is 0 Å². The van der Waals surface area contributed by atoms with Crippen LogP contribution in [0.3, 0.4) is 0 Å². The standard InChI is InChI=1S/C20H21N5O2/c1-10-14(7-8-22-20(10)27)13-5-6-15-16(9-13)24-25-18(19(21)26)17(15)23-11(2)12-3-4-12/h5-9,11-12H,3-4H2,1-2H3,(H2,21,26)(H,22,27)(H,23,24)/t11-/m1/s1. The number of rotatable bonds is 5. The minimum Gasteiger partial charge on any atom is -0.380 e. The third-order valence-corrected chi connectivity index (χ3v) is 5.22. The number of hydrogen-bond donors (Lipinski definition) is 3. The molecule has 2 aromatic heterocycles. The summed E-state index contributed by atoms with van der Waals surface area (Å²) >= 11 is 0. The van der Waals surface area contributed by atoms with E-state index in [4.69, 9.17) is 5.73 Å². The van der Waals surface area contributed by atoms with E-state index >= 15 is 0 Å². The molecule has 1 aliphatic rings. The predicted molar refractivity (Wildman–Crippen MR) is 105 cm³/mol. The van der Waals surface area contributed by atoms with Crippen molar-refractivity contribution < 1.29 is 4.79 Å². The van der Waals surface area contributed by atoms with Crippen LogP contribution in [-0.4, -0.2) is 27.1 Å². The van der Waals surface area contributed by atoms with E-state index in [1.165, 1.54) is 12.8 Å². The van der Waals surface area contributed by atoms with Gasteiger partial charge in [0.05, 0.1) is 11.2 Å². The number of benzene rings is 1. The average molecular weight is 363 g/mol. The lowest BCUT2D eigenvalue weighted by Gasteiger charge is -2.18. The molecular weight excluding hydrogens is 342 g/mol. The van der Waals surface area contributed by atoms with E-state index in [0.717, 1.165) is 16.5 Å². The van der Waals surface area contributed by atoms with Gasteiger partial charge in [0, 0.05) is 23.2 Å². The quantitative estimate of drug-likeness (QED) is 0.645. The van der Waals surface area contributed by atoms with E-state index in [-0.39, 0.29) is 17.3 Å². The molecule has 0 bridgehead atoms. The molecule has 0 spiro atoms. The number of H-pyrrole nitrogens is 1. The Labute approximate surface area is 156 Å². The van der Waals surface area contributed by atoms with Gasteiger partial charge in [0.2, 0.25) is 0 Å². The van der Waals surface area contributed by atoms with Gasteiger partial charge in [-0.3, -0.25) is 9.59 Å². The lowest BCUT2D eigenvalue weighted by molar-refractivity contribution is 0.0995. The molecule has 1 aromatic carbocycles. The number of primary amides is 1. The minimum absolute atomic E-state index is 0.122. The maximum Gasteiger partial charge on any atom is 0.271 e. The van der Waals surface area contributed by atoms with Crippen LogP contribution in [0, 0.1) is 12.8 Å². The summed E-state index contributed by atoms with van der Waals surface area (Å²) in [6.45, 7) is 3.88. The first-order valence-corrected chi connectivity index (χ1v) is 9.01. The highest BCUT2D eigenvalue weighted by atomic mass is 16.1. The molecule has 4 rings (SSSR count). The Kier molecular flexibility index (Phi) is 4.14. The SMILES string of the molecule is Cc1c(-c2ccc3c(N[C@H](C)C4CC4)c(C(N)=O)nnc3c2)cc[nH]c1=O. The fourth-order valence-corrected chi connectivity index (χ4v) is 3.40. The second-order valence-corrected chi connectivity index (χ2v) is 7.14. The monoisotopic (exact) mass is 363 g/mol. The fraction of sp³-hybridized carbons (Fsp3) is 0.300. The molecule has 7 heteroatoms. The molecule has 2 heterocycles. The Balaban J connectivity index is 1.85. The summed E-state index contributed by atoms with van der Waals surface area (Å²) in [4.78, 5) is 26.4. The minimum atomic E-state index is -0.607. The summed E-state index contributed by atoms with van der Waals surface area (Å²) in [5, 5.41) is 12.5. The molecule has 4 N–H and O–H groups in total. The van der Waals surface area contributed by atoms with Gasteiger partial charge in [-0.15, -0.1) is 10.2 Å². The zero-order valence-corrected chi connectivity index (χ0v) is 15.2. The van der Waals surface area contributed by atoms with Gasteiger partial charge in [-0.25, -0.2) is 0 Å². The summed E-state index contributed by atoms with van der Waals surface area (Å²) in [5.41, 5.74) is 9.15. The van der Waals surface area contributed by atoms with Crippen molar-refractivity contribution in [3.05, 3.63) is 52.1 Å². The molecule has 3 aromatic rings. The fourth-order valence-electron chi connectivity index (χ4n) is 3.40. The lowest BCUT2D eigenvalue weighted by atomic mass is 10.00. The van der Waals surface area contributed by atoms with Crippen LogP contribution < -0.4 is 16.6 Å². The van der Waals surface area contributed by atoms with Gasteiger partial charge >= 0.3 is 0 Å². The van der Waals surface area contributed by atoms with E-state index in [2.05, 4.69) is 27.4 Å². The van der Waals surface area contributed by atoms with Crippen molar-refractivity contribution in [2.45, 2.75) is 32.7 Å². The van der Waals surface area contributed by atoms with Crippen molar-refractivity contribution in [2.24, 2.45) is 11.7 Å². The summed E-state index contributed by atoms with van der Waals surface area (Å²) in [6, 6.07) is 7.78. The van der Waals surface area contributed by atoms with E-state index in [0.29, 0.717) is 22.7 Å². The molecule has 0 radical (unpaired) electrons. The van der Waals surface area contributed by atoms with Crippen LogP contribution in [0.4, 0.5) is 5.69 Å². The molecule has 0 saturated heterocycles. The zero-order chi connectivity index (χ0) is 19.1. The number of fused-ring (bicyclic) bond motifs is 1. The normalized spacial score (nSPS) is 14.9. The summed E-state index contributed by atoms with van der Waals surface area (Å²) in [6.07, 6.45) is 3.99. The third-order valence-electron chi connectivity index (χ3n) is 5.22. The number of aromatic nitrogens is 3. The topological polar surface area (TPSA) is 114 Å². The van der Waals surface area contributed by atoms with E-state index in [1.807, 2.05) is 24.3 Å². The van der Waals surface area contributed by atoms with E-state index in [9.17, 15) is 9.59 Å². The van der Waals surface area contributed by atoms with Crippen molar-refractivity contribution in [3.63, 3.8) is 0 Å². The van der Waals surface area contributed by atoms with Crippen molar-refractivity contribution in [1.82, 2.24) is 15.2 Å². The highest BCUT2D eigenvalue weighted by Gasteiger charge is 2.29. The van der Waals surface area contributed by atoms with Crippen LogP contribution in [0.5, 0.6) is 0 Å². The molecule has 1 saturated carbocycles.